The van der Waals surface area contributed by atoms with E-state index in [-0.39, 0.29) is 30.3 Å². The number of amides is 2. The van der Waals surface area contributed by atoms with Gasteiger partial charge in [0.25, 0.3) is 0 Å². The summed E-state index contributed by atoms with van der Waals surface area (Å²) in [6, 6.07) is 7.32. The topological polar surface area (TPSA) is 84.2 Å². The Kier molecular flexibility index (Phi) is 9.45. The van der Waals surface area contributed by atoms with Gasteiger partial charge in [0.2, 0.25) is 11.8 Å². The van der Waals surface area contributed by atoms with Gasteiger partial charge in [0.05, 0.1) is 0 Å². The van der Waals surface area contributed by atoms with Crippen molar-refractivity contribution in [2.75, 3.05) is 5.32 Å². The van der Waals surface area contributed by atoms with E-state index in [0.29, 0.717) is 25.3 Å². The van der Waals surface area contributed by atoms with Gasteiger partial charge in [-0.3, -0.25) is 9.59 Å². The van der Waals surface area contributed by atoms with E-state index in [9.17, 15) is 9.59 Å². The van der Waals surface area contributed by atoms with E-state index in [1.165, 1.54) is 0 Å². The van der Waals surface area contributed by atoms with E-state index in [1.54, 1.807) is 6.92 Å². The molecule has 0 aromatic heterocycles. The molecule has 1 rings (SSSR count). The lowest BCUT2D eigenvalue weighted by Gasteiger charge is -2.10. The molecule has 1 unspecified atom stereocenters. The molecule has 0 aliphatic rings. The fourth-order valence-corrected chi connectivity index (χ4v) is 1.91. The summed E-state index contributed by atoms with van der Waals surface area (Å²) in [5.74, 6) is 0.258. The van der Waals surface area contributed by atoms with Crippen LogP contribution < -0.4 is 16.4 Å². The molecule has 1 atom stereocenters. The van der Waals surface area contributed by atoms with E-state index in [4.69, 9.17) is 5.73 Å². The third-order valence-corrected chi connectivity index (χ3v) is 2.80. The first-order chi connectivity index (χ1) is 9.86. The number of carbonyl (C=O) groups is 2. The molecule has 0 saturated heterocycles. The third kappa shape index (κ3) is 8.64. The fraction of sp³-hybridized carbons (Fsp3) is 0.500. The Bertz CT molecular complexity index is 490. The lowest BCUT2D eigenvalue weighted by Crippen LogP contribution is -2.29. The van der Waals surface area contributed by atoms with Crippen LogP contribution in [0.4, 0.5) is 5.69 Å². The maximum Gasteiger partial charge on any atom is 0.224 e. The predicted molar refractivity (Wildman–Crippen MR) is 91.9 cm³/mol. The first-order valence-electron chi connectivity index (χ1n) is 7.28. The minimum atomic E-state index is -0.147. The van der Waals surface area contributed by atoms with Crippen LogP contribution in [0.15, 0.2) is 24.3 Å². The Labute approximate surface area is 138 Å². The molecule has 0 saturated carbocycles. The average molecular weight is 328 g/mol. The molecular weight excluding hydrogens is 302 g/mol. The summed E-state index contributed by atoms with van der Waals surface area (Å²) in [5.41, 5.74) is 7.26. The lowest BCUT2D eigenvalue weighted by atomic mass is 10.1. The van der Waals surface area contributed by atoms with E-state index < -0.39 is 0 Å². The molecule has 0 spiro atoms. The van der Waals surface area contributed by atoms with Gasteiger partial charge in [-0.25, -0.2) is 0 Å². The summed E-state index contributed by atoms with van der Waals surface area (Å²) in [5, 5.41) is 5.67. The highest BCUT2D eigenvalue weighted by Crippen LogP contribution is 2.12. The highest BCUT2D eigenvalue weighted by atomic mass is 35.5. The molecule has 0 fully saturated rings. The number of hydrogen-bond acceptors (Lipinski definition) is 3. The van der Waals surface area contributed by atoms with Crippen molar-refractivity contribution in [3.63, 3.8) is 0 Å². The molecule has 2 amide bonds. The second-order valence-corrected chi connectivity index (χ2v) is 5.80. The molecule has 0 radical (unpaired) electrons. The third-order valence-electron chi connectivity index (χ3n) is 2.80. The van der Waals surface area contributed by atoms with Crippen LogP contribution in [0.3, 0.4) is 0 Å². The molecule has 0 aliphatic heterocycles. The summed E-state index contributed by atoms with van der Waals surface area (Å²) in [4.78, 5) is 23.3. The number of halogens is 1. The molecule has 6 heteroatoms. The Morgan fingerprint density at radius 2 is 1.82 bits per heavy atom. The second-order valence-electron chi connectivity index (χ2n) is 5.80. The standard InChI is InChI=1S/C16H25N3O2.ClH/c1-11(2)7-16(21)19-14-6-4-5-13(9-14)10-18-15(20)8-12(3)17;/h4-6,9,11-12H,7-8,10,17H2,1-3H3,(H,18,20)(H,19,21);1H. The van der Waals surface area contributed by atoms with Crippen LogP contribution in [0.25, 0.3) is 0 Å². The monoisotopic (exact) mass is 327 g/mol. The van der Waals surface area contributed by atoms with Crippen LogP contribution in [-0.4, -0.2) is 17.9 Å². The van der Waals surface area contributed by atoms with Crippen molar-refractivity contribution in [3.05, 3.63) is 29.8 Å². The largest absolute Gasteiger partial charge is 0.352 e. The molecule has 1 aromatic carbocycles. The molecule has 0 bridgehead atoms. The summed E-state index contributed by atoms with van der Waals surface area (Å²) in [6.07, 6.45) is 0.806. The quantitative estimate of drug-likeness (QED) is 0.719. The number of rotatable bonds is 7. The van der Waals surface area contributed by atoms with Crippen molar-refractivity contribution < 1.29 is 9.59 Å². The molecule has 0 aliphatic carbocycles. The Morgan fingerprint density at radius 3 is 2.41 bits per heavy atom. The molecule has 4 N–H and O–H groups in total. The zero-order valence-electron chi connectivity index (χ0n) is 13.4. The first kappa shape index (κ1) is 20.4. The average Bonchev–Trinajstić information content (AvgIpc) is 2.35. The highest BCUT2D eigenvalue weighted by molar-refractivity contribution is 5.90. The van der Waals surface area contributed by atoms with Crippen LogP contribution >= 0.6 is 12.4 Å². The van der Waals surface area contributed by atoms with Crippen LogP contribution in [-0.2, 0) is 16.1 Å². The molecule has 0 heterocycles. The van der Waals surface area contributed by atoms with Crippen molar-refractivity contribution in [1.82, 2.24) is 5.32 Å². The van der Waals surface area contributed by atoms with Crippen molar-refractivity contribution in [3.8, 4) is 0 Å². The zero-order valence-corrected chi connectivity index (χ0v) is 14.2. The summed E-state index contributed by atoms with van der Waals surface area (Å²) in [6.45, 7) is 6.23. The molecular formula is C16H26ClN3O2. The van der Waals surface area contributed by atoms with Gasteiger partial charge in [0, 0.05) is 31.1 Å². The first-order valence-corrected chi connectivity index (χ1v) is 7.28. The normalized spacial score (nSPS) is 11.5. The summed E-state index contributed by atoms with van der Waals surface area (Å²) in [7, 11) is 0. The van der Waals surface area contributed by atoms with Crippen LogP contribution in [0, 0.1) is 5.92 Å². The lowest BCUT2D eigenvalue weighted by molar-refractivity contribution is -0.121. The van der Waals surface area contributed by atoms with Gasteiger partial charge in [-0.1, -0.05) is 26.0 Å². The number of anilines is 1. The Balaban J connectivity index is 0.00000441. The number of benzene rings is 1. The Hall–Kier alpha value is -1.59. The number of nitrogens with two attached hydrogens (primary N) is 1. The number of hydrogen-bond donors (Lipinski definition) is 3. The van der Waals surface area contributed by atoms with E-state index in [1.807, 2.05) is 38.1 Å². The number of nitrogens with one attached hydrogen (secondary N) is 2. The van der Waals surface area contributed by atoms with Gasteiger partial charge in [0.1, 0.15) is 0 Å². The van der Waals surface area contributed by atoms with E-state index in [0.717, 1.165) is 11.3 Å². The van der Waals surface area contributed by atoms with E-state index in [2.05, 4.69) is 10.6 Å². The number of carbonyl (C=O) groups excluding carboxylic acids is 2. The molecule has 1 aromatic rings. The van der Waals surface area contributed by atoms with Crippen LogP contribution in [0.5, 0.6) is 0 Å². The maximum absolute atomic E-state index is 11.7. The SMILES string of the molecule is CC(C)CC(=O)Nc1cccc(CNC(=O)CC(C)N)c1.Cl. The van der Waals surface area contributed by atoms with E-state index >= 15 is 0 Å². The minimum Gasteiger partial charge on any atom is -0.352 e. The summed E-state index contributed by atoms with van der Waals surface area (Å²) >= 11 is 0. The molecule has 22 heavy (non-hydrogen) atoms. The van der Waals surface area contributed by atoms with Crippen molar-refractivity contribution in [1.29, 1.82) is 0 Å². The fourth-order valence-electron chi connectivity index (χ4n) is 1.91. The van der Waals surface area contributed by atoms with Crippen LogP contribution in [0.1, 0.15) is 39.2 Å². The van der Waals surface area contributed by atoms with Crippen LogP contribution in [0.2, 0.25) is 0 Å². The second kappa shape index (κ2) is 10.2. The minimum absolute atomic E-state index is 0. The smallest absolute Gasteiger partial charge is 0.224 e. The highest BCUT2D eigenvalue weighted by Gasteiger charge is 2.07. The summed E-state index contributed by atoms with van der Waals surface area (Å²) < 4.78 is 0. The van der Waals surface area contributed by atoms with Gasteiger partial charge in [-0.2, -0.15) is 0 Å². The zero-order chi connectivity index (χ0) is 15.8. The predicted octanol–water partition coefficient (Wildman–Crippen LogP) is 2.45. The van der Waals surface area contributed by atoms with Crippen molar-refractivity contribution in [2.45, 2.75) is 46.2 Å². The van der Waals surface area contributed by atoms with Gasteiger partial charge >= 0.3 is 0 Å². The molecule has 124 valence electrons. The van der Waals surface area contributed by atoms with Crippen molar-refractivity contribution in [2.24, 2.45) is 11.7 Å². The van der Waals surface area contributed by atoms with Crippen molar-refractivity contribution >= 4 is 29.9 Å². The Morgan fingerprint density at radius 1 is 1.14 bits per heavy atom. The van der Waals surface area contributed by atoms with Gasteiger partial charge in [0.15, 0.2) is 0 Å². The van der Waals surface area contributed by atoms with Gasteiger partial charge < -0.3 is 16.4 Å². The van der Waals surface area contributed by atoms with Gasteiger partial charge in [-0.05, 0) is 30.5 Å². The van der Waals surface area contributed by atoms with Gasteiger partial charge in [-0.15, -0.1) is 12.4 Å². The maximum atomic E-state index is 11.7. The molecule has 5 nitrogen and oxygen atoms in total.